The van der Waals surface area contributed by atoms with Gasteiger partial charge in [-0.2, -0.15) is 0 Å². The SMILES string of the molecule is CN(C)S(=O)(=O)c1ccc(C(O)=C2C(=O)C(=O)N(CCN3CCOCC3)[C@@H]2c2ccco2)cc1. The zero-order valence-corrected chi connectivity index (χ0v) is 19.8. The van der Waals surface area contributed by atoms with Crippen LogP contribution in [0, 0.1) is 0 Å². The Balaban J connectivity index is 1.68. The Morgan fingerprint density at radius 2 is 1.76 bits per heavy atom. The fraction of sp³-hybridized carbons (Fsp3) is 0.391. The van der Waals surface area contributed by atoms with E-state index in [-0.39, 0.29) is 28.3 Å². The lowest BCUT2D eigenvalue weighted by atomic mass is 9.99. The van der Waals surface area contributed by atoms with Gasteiger partial charge in [-0.25, -0.2) is 12.7 Å². The van der Waals surface area contributed by atoms with E-state index >= 15 is 0 Å². The molecule has 2 saturated heterocycles. The molecule has 4 rings (SSSR count). The van der Waals surface area contributed by atoms with Crippen molar-refractivity contribution in [3.05, 3.63) is 59.6 Å². The number of hydrogen-bond acceptors (Lipinski definition) is 8. The molecule has 10 nitrogen and oxygen atoms in total. The van der Waals surface area contributed by atoms with Gasteiger partial charge in [0.15, 0.2) is 0 Å². The molecule has 2 aliphatic heterocycles. The van der Waals surface area contributed by atoms with E-state index in [0.29, 0.717) is 25.5 Å². The number of likely N-dealkylation sites (tertiary alicyclic amines) is 1. The van der Waals surface area contributed by atoms with Gasteiger partial charge in [-0.1, -0.05) is 0 Å². The fourth-order valence-corrected chi connectivity index (χ4v) is 4.98. The molecule has 1 amide bonds. The van der Waals surface area contributed by atoms with Crippen molar-refractivity contribution < 1.29 is 32.3 Å². The van der Waals surface area contributed by atoms with E-state index < -0.39 is 27.8 Å². The van der Waals surface area contributed by atoms with Crippen molar-refractivity contribution in [3.63, 3.8) is 0 Å². The van der Waals surface area contributed by atoms with Crippen molar-refractivity contribution in [3.8, 4) is 0 Å². The minimum Gasteiger partial charge on any atom is -0.507 e. The molecule has 0 unspecified atom stereocenters. The standard InChI is InChI=1S/C23H27N3O7S/c1-24(2)34(30,31)17-7-5-16(6-8-17)21(27)19-20(18-4-3-13-33-18)26(23(29)22(19)28)10-9-25-11-14-32-15-12-25/h3-8,13,20,27H,9-12,14-15H2,1-2H3/t20-/m1/s1. The summed E-state index contributed by atoms with van der Waals surface area (Å²) in [6.45, 7) is 3.51. The molecule has 0 aliphatic carbocycles. The monoisotopic (exact) mass is 489 g/mol. The third kappa shape index (κ3) is 4.51. The molecule has 2 aromatic rings. The highest BCUT2D eigenvalue weighted by molar-refractivity contribution is 7.89. The summed E-state index contributed by atoms with van der Waals surface area (Å²) in [7, 11) is -0.810. The van der Waals surface area contributed by atoms with Crippen LogP contribution < -0.4 is 0 Å². The fourth-order valence-electron chi connectivity index (χ4n) is 4.08. The number of ketones is 1. The summed E-state index contributed by atoms with van der Waals surface area (Å²) in [5.41, 5.74) is 0.130. The first-order valence-electron chi connectivity index (χ1n) is 10.9. The number of carbonyl (C=O) groups excluding carboxylic acids is 2. The molecule has 1 aromatic carbocycles. The van der Waals surface area contributed by atoms with E-state index in [1.165, 1.54) is 49.5 Å². The quantitative estimate of drug-likeness (QED) is 0.351. The lowest BCUT2D eigenvalue weighted by Crippen LogP contribution is -2.42. The largest absolute Gasteiger partial charge is 0.507 e. The number of amides is 1. The number of carbonyl (C=O) groups is 2. The smallest absolute Gasteiger partial charge is 0.295 e. The maximum Gasteiger partial charge on any atom is 0.295 e. The Bertz CT molecular complexity index is 1180. The highest BCUT2D eigenvalue weighted by Gasteiger charge is 2.47. The zero-order chi connectivity index (χ0) is 24.5. The molecular formula is C23H27N3O7S. The van der Waals surface area contributed by atoms with E-state index in [4.69, 9.17) is 9.15 Å². The molecule has 0 spiro atoms. The summed E-state index contributed by atoms with van der Waals surface area (Å²) in [6.07, 6.45) is 1.44. The topological polar surface area (TPSA) is 121 Å². The van der Waals surface area contributed by atoms with E-state index in [0.717, 1.165) is 17.4 Å². The predicted molar refractivity (Wildman–Crippen MR) is 122 cm³/mol. The minimum atomic E-state index is -3.65. The van der Waals surface area contributed by atoms with Gasteiger partial charge in [0, 0.05) is 45.8 Å². The number of furan rings is 1. The van der Waals surface area contributed by atoms with Crippen molar-refractivity contribution >= 4 is 27.5 Å². The second-order valence-electron chi connectivity index (χ2n) is 8.27. The van der Waals surface area contributed by atoms with Crippen LogP contribution in [0.5, 0.6) is 0 Å². The van der Waals surface area contributed by atoms with Crippen molar-refractivity contribution in [1.82, 2.24) is 14.1 Å². The van der Waals surface area contributed by atoms with Crippen molar-refractivity contribution in [2.45, 2.75) is 10.9 Å². The van der Waals surface area contributed by atoms with Crippen LogP contribution in [0.4, 0.5) is 0 Å². The van der Waals surface area contributed by atoms with Gasteiger partial charge < -0.3 is 19.2 Å². The normalized spacial score (nSPS) is 21.5. The van der Waals surface area contributed by atoms with Crippen molar-refractivity contribution in [2.24, 2.45) is 0 Å². The molecule has 34 heavy (non-hydrogen) atoms. The molecule has 182 valence electrons. The van der Waals surface area contributed by atoms with Crippen LogP contribution in [0.3, 0.4) is 0 Å². The number of rotatable bonds is 7. The average molecular weight is 490 g/mol. The maximum atomic E-state index is 13.0. The summed E-state index contributed by atoms with van der Waals surface area (Å²) in [5, 5.41) is 11.1. The number of sulfonamides is 1. The lowest BCUT2D eigenvalue weighted by molar-refractivity contribution is -0.140. The Hall–Kier alpha value is -2.99. The number of hydrogen-bond donors (Lipinski definition) is 1. The summed E-state index contributed by atoms with van der Waals surface area (Å²) < 4.78 is 36.7. The van der Waals surface area contributed by atoms with Gasteiger partial charge in [-0.3, -0.25) is 14.5 Å². The van der Waals surface area contributed by atoms with Crippen LogP contribution in [0.2, 0.25) is 0 Å². The van der Waals surface area contributed by atoms with Gasteiger partial charge in [0.1, 0.15) is 17.6 Å². The van der Waals surface area contributed by atoms with E-state index in [2.05, 4.69) is 4.90 Å². The second kappa shape index (κ2) is 9.71. The van der Waals surface area contributed by atoms with Crippen LogP contribution >= 0.6 is 0 Å². The van der Waals surface area contributed by atoms with Gasteiger partial charge in [-0.05, 0) is 36.4 Å². The molecule has 1 N–H and O–H groups in total. The molecule has 11 heteroatoms. The number of aliphatic hydroxyl groups is 1. The van der Waals surface area contributed by atoms with Crippen LogP contribution in [0.25, 0.3) is 5.76 Å². The second-order valence-corrected chi connectivity index (χ2v) is 10.4. The molecule has 2 fully saturated rings. The number of aliphatic hydroxyl groups excluding tert-OH is 1. The molecular weight excluding hydrogens is 462 g/mol. The maximum absolute atomic E-state index is 13.0. The molecule has 0 radical (unpaired) electrons. The van der Waals surface area contributed by atoms with Gasteiger partial charge >= 0.3 is 0 Å². The van der Waals surface area contributed by atoms with Crippen molar-refractivity contribution in [2.75, 3.05) is 53.5 Å². The highest BCUT2D eigenvalue weighted by Crippen LogP contribution is 2.39. The Morgan fingerprint density at radius 1 is 1.09 bits per heavy atom. The van der Waals surface area contributed by atoms with E-state index in [1.54, 1.807) is 12.1 Å². The van der Waals surface area contributed by atoms with Gasteiger partial charge in [0.05, 0.1) is 29.9 Å². The molecule has 1 aromatic heterocycles. The number of ether oxygens (including phenoxy) is 1. The molecule has 1 atom stereocenters. The van der Waals surface area contributed by atoms with Crippen LogP contribution in [-0.2, 0) is 24.3 Å². The number of nitrogens with zero attached hydrogens (tertiary/aromatic N) is 3. The van der Waals surface area contributed by atoms with Crippen molar-refractivity contribution in [1.29, 1.82) is 0 Å². The number of morpholine rings is 1. The Morgan fingerprint density at radius 3 is 2.35 bits per heavy atom. The third-order valence-electron chi connectivity index (χ3n) is 6.02. The number of Topliss-reactive ketones (excluding diaryl/α,β-unsaturated/α-hetero) is 1. The lowest BCUT2D eigenvalue weighted by Gasteiger charge is -2.30. The summed E-state index contributed by atoms with van der Waals surface area (Å²) >= 11 is 0. The van der Waals surface area contributed by atoms with Gasteiger partial charge in [-0.15, -0.1) is 0 Å². The summed E-state index contributed by atoms with van der Waals surface area (Å²) in [6, 6.07) is 7.93. The van der Waals surface area contributed by atoms with E-state index in [9.17, 15) is 23.1 Å². The summed E-state index contributed by atoms with van der Waals surface area (Å²) in [4.78, 5) is 29.6. The first kappa shape index (κ1) is 24.1. The third-order valence-corrected chi connectivity index (χ3v) is 7.85. The zero-order valence-electron chi connectivity index (χ0n) is 19.0. The van der Waals surface area contributed by atoms with Crippen LogP contribution in [-0.4, -0.2) is 92.8 Å². The van der Waals surface area contributed by atoms with Crippen LogP contribution in [0.1, 0.15) is 17.4 Å². The Labute approximate surface area is 198 Å². The minimum absolute atomic E-state index is 0.0441. The molecule has 0 bridgehead atoms. The average Bonchev–Trinajstić information content (AvgIpc) is 3.45. The highest BCUT2D eigenvalue weighted by atomic mass is 32.2. The molecule has 0 saturated carbocycles. The van der Waals surface area contributed by atoms with Gasteiger partial charge in [0.25, 0.3) is 11.7 Å². The first-order valence-corrected chi connectivity index (χ1v) is 12.3. The van der Waals surface area contributed by atoms with Gasteiger partial charge in [0.2, 0.25) is 10.0 Å². The van der Waals surface area contributed by atoms with Crippen LogP contribution in [0.15, 0.2) is 57.5 Å². The molecule has 3 heterocycles. The molecule has 2 aliphatic rings. The van der Waals surface area contributed by atoms with E-state index in [1.807, 2.05) is 0 Å². The predicted octanol–water partition coefficient (Wildman–Crippen LogP) is 1.28. The Kier molecular flexibility index (Phi) is 6.89. The number of benzene rings is 1. The summed E-state index contributed by atoms with van der Waals surface area (Å²) in [5.74, 6) is -1.56. The first-order chi connectivity index (χ1) is 16.2.